The van der Waals surface area contributed by atoms with E-state index in [9.17, 15) is 13.2 Å². The van der Waals surface area contributed by atoms with Crippen LogP contribution in [0.25, 0.3) is 0 Å². The lowest BCUT2D eigenvalue weighted by Gasteiger charge is -2.24. The number of hydrogen-bond donors (Lipinski definition) is 0. The molecule has 0 bridgehead atoms. The fourth-order valence-electron chi connectivity index (χ4n) is 2.40. The summed E-state index contributed by atoms with van der Waals surface area (Å²) in [7, 11) is -1.21. The number of benzene rings is 2. The topological polar surface area (TPSA) is 72.9 Å². The van der Waals surface area contributed by atoms with Gasteiger partial charge in [-0.1, -0.05) is 26.0 Å². The molecule has 0 fully saturated rings. The second-order valence-electron chi connectivity index (χ2n) is 6.01. The number of nitrogens with zero attached hydrogens (tertiary/aromatic N) is 1. The molecule has 0 spiro atoms. The molecule has 2 aromatic rings. The first-order valence-corrected chi connectivity index (χ1v) is 9.57. The van der Waals surface area contributed by atoms with Crippen molar-refractivity contribution in [2.24, 2.45) is 0 Å². The van der Waals surface area contributed by atoms with Gasteiger partial charge in [0, 0.05) is 0 Å². The van der Waals surface area contributed by atoms with Crippen molar-refractivity contribution in [2.75, 3.05) is 25.1 Å². The van der Waals surface area contributed by atoms with Gasteiger partial charge in [0.1, 0.15) is 12.3 Å². The lowest BCUT2D eigenvalue weighted by Crippen LogP contribution is -2.36. The Bertz CT molecular complexity index is 843. The van der Waals surface area contributed by atoms with E-state index in [1.807, 2.05) is 12.1 Å². The van der Waals surface area contributed by atoms with Crippen molar-refractivity contribution >= 4 is 21.7 Å². The average molecular weight is 377 g/mol. The number of rotatable bonds is 7. The van der Waals surface area contributed by atoms with Crippen molar-refractivity contribution < 1.29 is 22.7 Å². The number of carbonyl (C=O) groups is 1. The summed E-state index contributed by atoms with van der Waals surface area (Å²) in [6.07, 6.45) is 0. The van der Waals surface area contributed by atoms with Gasteiger partial charge in [-0.3, -0.25) is 9.10 Å². The van der Waals surface area contributed by atoms with E-state index in [0.717, 1.165) is 9.87 Å². The van der Waals surface area contributed by atoms with E-state index < -0.39 is 22.5 Å². The highest BCUT2D eigenvalue weighted by Crippen LogP contribution is 2.27. The number of anilines is 1. The Morgan fingerprint density at radius 2 is 1.58 bits per heavy atom. The highest BCUT2D eigenvalue weighted by molar-refractivity contribution is 7.92. The van der Waals surface area contributed by atoms with Gasteiger partial charge in [-0.15, -0.1) is 0 Å². The zero-order valence-electron chi connectivity index (χ0n) is 15.3. The Morgan fingerprint density at radius 1 is 1.00 bits per heavy atom. The molecular weight excluding hydrogens is 354 g/mol. The predicted molar refractivity (Wildman–Crippen MR) is 100 cm³/mol. The molecule has 0 heterocycles. The van der Waals surface area contributed by atoms with Crippen molar-refractivity contribution in [1.82, 2.24) is 0 Å². The zero-order valence-corrected chi connectivity index (χ0v) is 16.1. The molecule has 0 N–H and O–H groups in total. The van der Waals surface area contributed by atoms with Gasteiger partial charge in [0.2, 0.25) is 0 Å². The summed E-state index contributed by atoms with van der Waals surface area (Å²) < 4.78 is 36.9. The third kappa shape index (κ3) is 4.35. The molecule has 0 unspecified atom stereocenters. The summed E-state index contributed by atoms with van der Waals surface area (Å²) in [5.74, 6) is 0.219. The molecule has 7 heteroatoms. The standard InChI is InChI=1S/C19H23NO5S/c1-14(2)15-5-7-16(8-6-15)20(13-19(21)25-4)26(22,23)18-11-9-17(24-3)10-12-18/h5-12,14H,13H2,1-4H3. The third-order valence-corrected chi connectivity index (χ3v) is 5.78. The summed E-state index contributed by atoms with van der Waals surface area (Å²) in [5.41, 5.74) is 1.48. The molecule has 0 atom stereocenters. The Balaban J connectivity index is 2.46. The summed E-state index contributed by atoms with van der Waals surface area (Å²) in [6.45, 7) is 3.69. The monoisotopic (exact) mass is 377 g/mol. The van der Waals surface area contributed by atoms with Crippen molar-refractivity contribution in [3.63, 3.8) is 0 Å². The van der Waals surface area contributed by atoms with E-state index in [4.69, 9.17) is 4.74 Å². The Hall–Kier alpha value is -2.54. The lowest BCUT2D eigenvalue weighted by atomic mass is 10.0. The van der Waals surface area contributed by atoms with Crippen molar-refractivity contribution in [3.8, 4) is 5.75 Å². The van der Waals surface area contributed by atoms with Crippen LogP contribution < -0.4 is 9.04 Å². The first-order valence-electron chi connectivity index (χ1n) is 8.13. The van der Waals surface area contributed by atoms with E-state index in [1.165, 1.54) is 26.4 Å². The molecule has 0 saturated heterocycles. The molecule has 2 rings (SSSR count). The largest absolute Gasteiger partial charge is 0.497 e. The molecule has 2 aromatic carbocycles. The van der Waals surface area contributed by atoms with Gasteiger partial charge in [0.15, 0.2) is 0 Å². The molecule has 0 saturated carbocycles. The second kappa shape index (κ2) is 8.23. The number of ether oxygens (including phenoxy) is 2. The number of carbonyl (C=O) groups excluding carboxylic acids is 1. The summed E-state index contributed by atoms with van der Waals surface area (Å²) in [4.78, 5) is 11.9. The third-order valence-electron chi connectivity index (χ3n) is 4.00. The van der Waals surface area contributed by atoms with E-state index in [0.29, 0.717) is 17.4 Å². The van der Waals surface area contributed by atoms with E-state index in [2.05, 4.69) is 18.6 Å². The van der Waals surface area contributed by atoms with Crippen LogP contribution in [0.4, 0.5) is 5.69 Å². The summed E-state index contributed by atoms with van der Waals surface area (Å²) >= 11 is 0. The SMILES string of the molecule is COC(=O)CN(c1ccc(C(C)C)cc1)S(=O)(=O)c1ccc(OC)cc1. The summed E-state index contributed by atoms with van der Waals surface area (Å²) in [5, 5.41) is 0. The van der Waals surface area contributed by atoms with Gasteiger partial charge in [0.25, 0.3) is 10.0 Å². The van der Waals surface area contributed by atoms with E-state index >= 15 is 0 Å². The predicted octanol–water partition coefficient (Wildman–Crippen LogP) is 3.19. The highest BCUT2D eigenvalue weighted by Gasteiger charge is 2.27. The molecule has 26 heavy (non-hydrogen) atoms. The summed E-state index contributed by atoms with van der Waals surface area (Å²) in [6, 6.07) is 13.1. The maximum absolute atomic E-state index is 13.1. The maximum Gasteiger partial charge on any atom is 0.326 e. The van der Waals surface area contributed by atoms with Gasteiger partial charge in [0.05, 0.1) is 24.8 Å². The van der Waals surface area contributed by atoms with Gasteiger partial charge < -0.3 is 9.47 Å². The number of sulfonamides is 1. The number of methoxy groups -OCH3 is 2. The van der Waals surface area contributed by atoms with E-state index in [-0.39, 0.29) is 4.90 Å². The lowest BCUT2D eigenvalue weighted by molar-refractivity contribution is -0.138. The van der Waals surface area contributed by atoms with Crippen molar-refractivity contribution in [2.45, 2.75) is 24.7 Å². The molecule has 0 aliphatic heterocycles. The average Bonchev–Trinajstić information content (AvgIpc) is 2.65. The zero-order chi connectivity index (χ0) is 19.3. The van der Waals surface area contributed by atoms with Crippen LogP contribution in [0.2, 0.25) is 0 Å². The van der Waals surface area contributed by atoms with Crippen LogP contribution in [0.15, 0.2) is 53.4 Å². The molecule has 0 amide bonds. The van der Waals surface area contributed by atoms with Gasteiger partial charge in [-0.25, -0.2) is 8.42 Å². The maximum atomic E-state index is 13.1. The minimum absolute atomic E-state index is 0.0649. The van der Waals surface area contributed by atoms with Crippen LogP contribution in [0.3, 0.4) is 0 Å². The Labute approximate surface area is 154 Å². The highest BCUT2D eigenvalue weighted by atomic mass is 32.2. The molecule has 0 aromatic heterocycles. The van der Waals surface area contributed by atoms with Crippen LogP contribution in [-0.4, -0.2) is 35.2 Å². The molecule has 6 nitrogen and oxygen atoms in total. The van der Waals surface area contributed by atoms with Crippen LogP contribution in [0, 0.1) is 0 Å². The molecule has 140 valence electrons. The molecule has 0 aliphatic rings. The molecule has 0 aliphatic carbocycles. The Kier molecular flexibility index (Phi) is 6.26. The van der Waals surface area contributed by atoms with Crippen molar-refractivity contribution in [1.29, 1.82) is 0 Å². The number of hydrogen-bond acceptors (Lipinski definition) is 5. The normalized spacial score (nSPS) is 11.3. The van der Waals surface area contributed by atoms with Crippen LogP contribution >= 0.6 is 0 Å². The molecule has 0 radical (unpaired) electrons. The molecular formula is C19H23NO5S. The van der Waals surface area contributed by atoms with Crippen LogP contribution in [0.1, 0.15) is 25.3 Å². The quantitative estimate of drug-likeness (QED) is 0.693. The van der Waals surface area contributed by atoms with Gasteiger partial charge in [-0.2, -0.15) is 0 Å². The van der Waals surface area contributed by atoms with Crippen molar-refractivity contribution in [3.05, 3.63) is 54.1 Å². The van der Waals surface area contributed by atoms with Crippen LogP contribution in [0.5, 0.6) is 5.75 Å². The first kappa shape index (κ1) is 19.8. The number of esters is 1. The fraction of sp³-hybridized carbons (Fsp3) is 0.316. The minimum atomic E-state index is -3.94. The van der Waals surface area contributed by atoms with E-state index in [1.54, 1.807) is 24.3 Å². The second-order valence-corrected chi connectivity index (χ2v) is 7.87. The fourth-order valence-corrected chi connectivity index (χ4v) is 3.81. The van der Waals surface area contributed by atoms with Crippen LogP contribution in [-0.2, 0) is 19.6 Å². The first-order chi connectivity index (χ1) is 12.3. The van der Waals surface area contributed by atoms with Gasteiger partial charge >= 0.3 is 5.97 Å². The van der Waals surface area contributed by atoms with Gasteiger partial charge in [-0.05, 0) is 47.9 Å². The smallest absolute Gasteiger partial charge is 0.326 e. The minimum Gasteiger partial charge on any atom is -0.497 e. The Morgan fingerprint density at radius 3 is 2.04 bits per heavy atom.